The summed E-state index contributed by atoms with van der Waals surface area (Å²) in [7, 11) is 1.68. The number of rotatable bonds is 3. The lowest BCUT2D eigenvalue weighted by atomic mass is 10.00. The Hall–Kier alpha value is -1.68. The van der Waals surface area contributed by atoms with Crippen molar-refractivity contribution in [1.29, 1.82) is 0 Å². The highest BCUT2D eigenvalue weighted by molar-refractivity contribution is 5.34. The van der Waals surface area contributed by atoms with Gasteiger partial charge in [-0.25, -0.2) is 8.78 Å². The van der Waals surface area contributed by atoms with Gasteiger partial charge in [0.2, 0.25) is 0 Å². The third kappa shape index (κ3) is 2.16. The van der Waals surface area contributed by atoms with Crippen LogP contribution in [0.4, 0.5) is 8.78 Å². The fourth-order valence-corrected chi connectivity index (χ4v) is 1.99. The van der Waals surface area contributed by atoms with Crippen molar-refractivity contribution in [3.8, 4) is 0 Å². The molecule has 0 fully saturated rings. The van der Waals surface area contributed by atoms with Gasteiger partial charge >= 0.3 is 0 Å². The van der Waals surface area contributed by atoms with Gasteiger partial charge in [0.25, 0.3) is 0 Å². The Bertz CT molecular complexity index is 563. The summed E-state index contributed by atoms with van der Waals surface area (Å²) in [5.41, 5.74) is 1.44. The average molecular weight is 251 g/mol. The van der Waals surface area contributed by atoms with Crippen LogP contribution in [-0.4, -0.2) is 7.05 Å². The molecule has 1 atom stereocenters. The molecule has 2 nitrogen and oxygen atoms in total. The van der Waals surface area contributed by atoms with Gasteiger partial charge in [-0.15, -0.1) is 0 Å². The summed E-state index contributed by atoms with van der Waals surface area (Å²) in [6, 6.07) is 3.72. The minimum atomic E-state index is -0.491. The van der Waals surface area contributed by atoms with Crippen LogP contribution in [-0.2, 0) is 0 Å². The van der Waals surface area contributed by atoms with Crippen LogP contribution < -0.4 is 5.32 Å². The van der Waals surface area contributed by atoms with Gasteiger partial charge < -0.3 is 9.73 Å². The first-order chi connectivity index (χ1) is 8.54. The highest BCUT2D eigenvalue weighted by Gasteiger charge is 2.22. The number of halogens is 2. The van der Waals surface area contributed by atoms with E-state index in [1.54, 1.807) is 13.1 Å². The summed E-state index contributed by atoms with van der Waals surface area (Å²) in [4.78, 5) is 0. The van der Waals surface area contributed by atoms with Gasteiger partial charge in [0.1, 0.15) is 17.4 Å². The van der Waals surface area contributed by atoms with E-state index in [0.717, 1.165) is 5.56 Å². The van der Waals surface area contributed by atoms with Crippen LogP contribution in [0.5, 0.6) is 0 Å². The zero-order valence-electron chi connectivity index (χ0n) is 10.6. The van der Waals surface area contributed by atoms with Crippen molar-refractivity contribution in [1.82, 2.24) is 5.32 Å². The van der Waals surface area contributed by atoms with Crippen LogP contribution in [0.2, 0.25) is 0 Å². The highest BCUT2D eigenvalue weighted by Crippen LogP contribution is 2.28. The Balaban J connectivity index is 2.52. The van der Waals surface area contributed by atoms with Crippen LogP contribution >= 0.6 is 0 Å². The van der Waals surface area contributed by atoms with E-state index in [-0.39, 0.29) is 5.56 Å². The number of aryl methyl sites for hydroxylation is 2. The first kappa shape index (κ1) is 12.8. The van der Waals surface area contributed by atoms with E-state index in [9.17, 15) is 8.78 Å². The van der Waals surface area contributed by atoms with Gasteiger partial charge in [0.05, 0.1) is 12.3 Å². The van der Waals surface area contributed by atoms with Crippen molar-refractivity contribution in [2.24, 2.45) is 0 Å². The van der Waals surface area contributed by atoms with Crippen molar-refractivity contribution < 1.29 is 13.2 Å². The molecule has 0 radical (unpaired) electrons. The Labute approximate surface area is 105 Å². The molecule has 0 bridgehead atoms. The molecule has 0 aliphatic heterocycles. The van der Waals surface area contributed by atoms with Gasteiger partial charge in [0, 0.05) is 5.56 Å². The second kappa shape index (κ2) is 4.90. The Morgan fingerprint density at radius 2 is 1.83 bits per heavy atom. The van der Waals surface area contributed by atoms with Crippen LogP contribution in [0.3, 0.4) is 0 Å². The maximum absolute atomic E-state index is 13.9. The lowest BCUT2D eigenvalue weighted by molar-refractivity contribution is 0.447. The molecule has 1 aromatic heterocycles. The predicted octanol–water partition coefficient (Wildman–Crippen LogP) is 3.48. The lowest BCUT2D eigenvalue weighted by Crippen LogP contribution is -2.19. The molecule has 0 aliphatic rings. The summed E-state index contributed by atoms with van der Waals surface area (Å²) >= 11 is 0. The van der Waals surface area contributed by atoms with E-state index >= 15 is 0 Å². The lowest BCUT2D eigenvalue weighted by Gasteiger charge is -2.16. The van der Waals surface area contributed by atoms with Crippen LogP contribution in [0.1, 0.15) is 28.5 Å². The van der Waals surface area contributed by atoms with Crippen molar-refractivity contribution in [2.45, 2.75) is 19.9 Å². The molecular weight excluding hydrogens is 236 g/mol. The number of nitrogens with one attached hydrogen (secondary N) is 1. The fraction of sp³-hybridized carbons (Fsp3) is 0.286. The monoisotopic (exact) mass is 251 g/mol. The number of benzene rings is 1. The molecule has 2 rings (SSSR count). The molecule has 96 valence electrons. The third-order valence-corrected chi connectivity index (χ3v) is 3.04. The largest absolute Gasteiger partial charge is 0.467 e. The summed E-state index contributed by atoms with van der Waals surface area (Å²) in [5, 5.41) is 2.95. The van der Waals surface area contributed by atoms with Gasteiger partial charge in [-0.05, 0) is 50.2 Å². The maximum atomic E-state index is 13.9. The zero-order valence-corrected chi connectivity index (χ0v) is 10.6. The smallest absolute Gasteiger partial charge is 0.128 e. The maximum Gasteiger partial charge on any atom is 0.128 e. The first-order valence-electron chi connectivity index (χ1n) is 5.71. The van der Waals surface area contributed by atoms with E-state index in [0.29, 0.717) is 11.3 Å². The molecule has 1 heterocycles. The van der Waals surface area contributed by atoms with Crippen molar-refractivity contribution in [3.05, 3.63) is 58.5 Å². The minimum Gasteiger partial charge on any atom is -0.467 e. The summed E-state index contributed by atoms with van der Waals surface area (Å²) < 4.78 is 32.9. The molecule has 0 saturated carbocycles. The molecule has 1 N–H and O–H groups in total. The van der Waals surface area contributed by atoms with Gasteiger partial charge in [-0.2, -0.15) is 0 Å². The SMILES string of the molecule is CNC(c1cc(F)c(C)cc1F)c1occc1C. The predicted molar refractivity (Wildman–Crippen MR) is 65.4 cm³/mol. The quantitative estimate of drug-likeness (QED) is 0.903. The normalized spacial score (nSPS) is 12.7. The molecule has 18 heavy (non-hydrogen) atoms. The van der Waals surface area contributed by atoms with E-state index < -0.39 is 17.7 Å². The average Bonchev–Trinajstić information content (AvgIpc) is 2.73. The highest BCUT2D eigenvalue weighted by atomic mass is 19.1. The molecule has 0 saturated heterocycles. The summed E-state index contributed by atoms with van der Waals surface area (Å²) in [5.74, 6) is -0.264. The Kier molecular flexibility index (Phi) is 3.48. The molecule has 0 spiro atoms. The van der Waals surface area contributed by atoms with E-state index in [4.69, 9.17) is 4.42 Å². The molecule has 0 amide bonds. The second-order valence-electron chi connectivity index (χ2n) is 4.31. The third-order valence-electron chi connectivity index (χ3n) is 3.04. The molecule has 4 heteroatoms. The summed E-state index contributed by atoms with van der Waals surface area (Å²) in [6.07, 6.45) is 1.54. The Morgan fingerprint density at radius 3 is 2.39 bits per heavy atom. The molecule has 2 aromatic rings. The Morgan fingerprint density at radius 1 is 1.11 bits per heavy atom. The van der Waals surface area contributed by atoms with Gasteiger partial charge in [-0.3, -0.25) is 0 Å². The van der Waals surface area contributed by atoms with Crippen LogP contribution in [0.25, 0.3) is 0 Å². The van der Waals surface area contributed by atoms with E-state index in [1.165, 1.54) is 25.3 Å². The number of hydrogen-bond acceptors (Lipinski definition) is 2. The molecular formula is C14H15F2NO. The molecule has 1 aromatic carbocycles. The van der Waals surface area contributed by atoms with E-state index in [2.05, 4.69) is 5.32 Å². The fourth-order valence-electron chi connectivity index (χ4n) is 1.99. The van der Waals surface area contributed by atoms with Gasteiger partial charge in [-0.1, -0.05) is 0 Å². The first-order valence-corrected chi connectivity index (χ1v) is 5.71. The van der Waals surface area contributed by atoms with Crippen molar-refractivity contribution in [2.75, 3.05) is 7.05 Å². The molecule has 1 unspecified atom stereocenters. The number of furan rings is 1. The van der Waals surface area contributed by atoms with Crippen LogP contribution in [0.15, 0.2) is 28.9 Å². The van der Waals surface area contributed by atoms with E-state index in [1.807, 2.05) is 6.92 Å². The van der Waals surface area contributed by atoms with Crippen molar-refractivity contribution in [3.63, 3.8) is 0 Å². The van der Waals surface area contributed by atoms with Crippen molar-refractivity contribution >= 4 is 0 Å². The summed E-state index contributed by atoms with van der Waals surface area (Å²) in [6.45, 7) is 3.40. The molecule has 0 aliphatic carbocycles. The zero-order chi connectivity index (χ0) is 13.3. The number of hydrogen-bond donors (Lipinski definition) is 1. The topological polar surface area (TPSA) is 25.2 Å². The van der Waals surface area contributed by atoms with Gasteiger partial charge in [0.15, 0.2) is 0 Å². The van der Waals surface area contributed by atoms with Crippen LogP contribution in [0, 0.1) is 25.5 Å². The standard InChI is InChI=1S/C14H15F2NO/c1-8-4-5-18-14(8)13(17-3)10-7-11(15)9(2)6-12(10)16/h4-7,13,17H,1-3H3. The second-order valence-corrected chi connectivity index (χ2v) is 4.31. The minimum absolute atomic E-state index is 0.249.